The number of hydrogen-bond donors (Lipinski definition) is 1. The van der Waals surface area contributed by atoms with Crippen molar-refractivity contribution in [2.45, 2.75) is 25.7 Å². The third-order valence-corrected chi connectivity index (χ3v) is 6.48. The Kier molecular flexibility index (Phi) is 5.71. The molecule has 4 rings (SSSR count). The van der Waals surface area contributed by atoms with Crippen LogP contribution in [0.2, 0.25) is 0 Å². The molecule has 0 bridgehead atoms. The Morgan fingerprint density at radius 1 is 1.00 bits per heavy atom. The van der Waals surface area contributed by atoms with Crippen molar-refractivity contribution in [3.63, 3.8) is 0 Å². The van der Waals surface area contributed by atoms with Gasteiger partial charge in [-0.25, -0.2) is 13.4 Å². The molecule has 1 aromatic heterocycles. The van der Waals surface area contributed by atoms with Gasteiger partial charge in [0.1, 0.15) is 11.6 Å². The number of rotatable bonds is 6. The molecular formula is C24H23N3O4S. The average Bonchev–Trinajstić information content (AvgIpc) is 2.76. The van der Waals surface area contributed by atoms with Crippen molar-refractivity contribution in [2.24, 2.45) is 0 Å². The number of hydrogen-bond acceptors (Lipinski definition) is 5. The Hall–Kier alpha value is -3.65. The number of nitrogens with zero attached hydrogens (tertiary/aromatic N) is 2. The zero-order valence-electron chi connectivity index (χ0n) is 18.0. The first kappa shape index (κ1) is 21.6. The van der Waals surface area contributed by atoms with Gasteiger partial charge in [-0.05, 0) is 80.9 Å². The van der Waals surface area contributed by atoms with Gasteiger partial charge in [0.25, 0.3) is 15.6 Å². The monoisotopic (exact) mass is 449 g/mol. The summed E-state index contributed by atoms with van der Waals surface area (Å²) in [6, 6.07) is 18.5. The van der Waals surface area contributed by atoms with Gasteiger partial charge in [0.05, 0.1) is 33.8 Å². The van der Waals surface area contributed by atoms with E-state index in [0.29, 0.717) is 46.0 Å². The fourth-order valence-electron chi connectivity index (χ4n) is 3.53. The van der Waals surface area contributed by atoms with Crippen molar-refractivity contribution >= 4 is 26.6 Å². The summed E-state index contributed by atoms with van der Waals surface area (Å²) in [7, 11) is -3.78. The summed E-state index contributed by atoms with van der Waals surface area (Å²) in [5, 5.41) is 0.524. The molecule has 0 amide bonds. The smallest absolute Gasteiger partial charge is 0.265 e. The summed E-state index contributed by atoms with van der Waals surface area (Å²) in [5.74, 6) is 1.16. The molecule has 8 heteroatoms. The van der Waals surface area contributed by atoms with Crippen LogP contribution in [-0.2, 0) is 10.0 Å². The summed E-state index contributed by atoms with van der Waals surface area (Å²) in [6.45, 7) is 5.92. The summed E-state index contributed by atoms with van der Waals surface area (Å²) in [5.41, 5.74) is 2.20. The second-order valence-electron chi connectivity index (χ2n) is 7.33. The number of aromatic nitrogens is 2. The van der Waals surface area contributed by atoms with Crippen LogP contribution >= 0.6 is 0 Å². The minimum atomic E-state index is -3.78. The van der Waals surface area contributed by atoms with Gasteiger partial charge in [0, 0.05) is 0 Å². The molecule has 4 aromatic rings. The zero-order valence-corrected chi connectivity index (χ0v) is 18.8. The van der Waals surface area contributed by atoms with Gasteiger partial charge in [-0.1, -0.05) is 12.1 Å². The van der Waals surface area contributed by atoms with E-state index in [-0.39, 0.29) is 10.5 Å². The summed E-state index contributed by atoms with van der Waals surface area (Å²) in [6.07, 6.45) is 0. The van der Waals surface area contributed by atoms with Crippen molar-refractivity contribution < 1.29 is 13.2 Å². The Morgan fingerprint density at radius 3 is 2.41 bits per heavy atom. The van der Waals surface area contributed by atoms with E-state index < -0.39 is 10.0 Å². The third-order valence-electron chi connectivity index (χ3n) is 5.10. The van der Waals surface area contributed by atoms with E-state index in [2.05, 4.69) is 9.71 Å². The molecule has 1 N–H and O–H groups in total. The van der Waals surface area contributed by atoms with Crippen LogP contribution in [-0.4, -0.2) is 24.6 Å². The van der Waals surface area contributed by atoms with Crippen LogP contribution in [0, 0.1) is 13.8 Å². The van der Waals surface area contributed by atoms with Gasteiger partial charge < -0.3 is 4.74 Å². The topological polar surface area (TPSA) is 90.3 Å². The lowest BCUT2D eigenvalue weighted by molar-refractivity contribution is 0.340. The third kappa shape index (κ3) is 4.09. The minimum absolute atomic E-state index is 0.134. The lowest BCUT2D eigenvalue weighted by Crippen LogP contribution is -2.22. The number of aryl methyl sites for hydroxylation is 2. The molecule has 0 fully saturated rings. The van der Waals surface area contributed by atoms with Crippen molar-refractivity contribution in [1.82, 2.24) is 9.55 Å². The fourth-order valence-corrected chi connectivity index (χ4v) is 4.67. The lowest BCUT2D eigenvalue weighted by atomic mass is 10.1. The van der Waals surface area contributed by atoms with Crippen LogP contribution in [0.1, 0.15) is 18.3 Å². The maximum Gasteiger partial charge on any atom is 0.265 e. The first-order chi connectivity index (χ1) is 15.3. The Labute approximate surface area is 186 Å². The van der Waals surface area contributed by atoms with E-state index in [0.717, 1.165) is 0 Å². The first-order valence-electron chi connectivity index (χ1n) is 10.2. The Morgan fingerprint density at radius 2 is 1.72 bits per heavy atom. The molecule has 0 radical (unpaired) electrons. The van der Waals surface area contributed by atoms with Gasteiger partial charge in [-0.3, -0.25) is 14.1 Å². The molecule has 0 unspecified atom stereocenters. The lowest BCUT2D eigenvalue weighted by Gasteiger charge is -2.15. The predicted molar refractivity (Wildman–Crippen MR) is 125 cm³/mol. The van der Waals surface area contributed by atoms with Gasteiger partial charge in [0.15, 0.2) is 0 Å². The van der Waals surface area contributed by atoms with Crippen molar-refractivity contribution in [3.8, 4) is 11.4 Å². The molecule has 0 aliphatic rings. The number of sulfonamides is 1. The second kappa shape index (κ2) is 8.47. The normalized spacial score (nSPS) is 11.5. The molecule has 3 aromatic carbocycles. The number of fused-ring (bicyclic) bond motifs is 1. The molecule has 0 spiro atoms. The molecule has 1 heterocycles. The van der Waals surface area contributed by atoms with Gasteiger partial charge in [0.2, 0.25) is 0 Å². The summed E-state index contributed by atoms with van der Waals surface area (Å²) in [4.78, 5) is 17.7. The fraction of sp³-hybridized carbons (Fsp3) is 0.167. The molecule has 164 valence electrons. The maximum atomic E-state index is 13.0. The highest BCUT2D eigenvalue weighted by molar-refractivity contribution is 7.92. The highest BCUT2D eigenvalue weighted by atomic mass is 32.2. The van der Waals surface area contributed by atoms with E-state index in [1.807, 2.05) is 13.0 Å². The molecule has 0 aliphatic carbocycles. The van der Waals surface area contributed by atoms with Crippen molar-refractivity contribution in [2.75, 3.05) is 11.3 Å². The number of para-hydroxylation sites is 1. The minimum Gasteiger partial charge on any atom is -0.494 e. The number of nitrogens with one attached hydrogen (secondary N) is 1. The quantitative estimate of drug-likeness (QED) is 0.476. The SMILES string of the molecule is CCOc1ccc(S(=O)(=O)Nc2ccc(-n3c(C)nc4ccccc4c3=O)cc2C)cc1. The number of benzene rings is 3. The molecule has 32 heavy (non-hydrogen) atoms. The van der Waals surface area contributed by atoms with Crippen LogP contribution < -0.4 is 15.0 Å². The van der Waals surface area contributed by atoms with E-state index in [4.69, 9.17) is 4.74 Å². The van der Waals surface area contributed by atoms with E-state index in [1.165, 1.54) is 16.7 Å². The highest BCUT2D eigenvalue weighted by Gasteiger charge is 2.17. The number of ether oxygens (including phenoxy) is 1. The van der Waals surface area contributed by atoms with Crippen LogP contribution in [0.15, 0.2) is 76.4 Å². The van der Waals surface area contributed by atoms with E-state index in [1.54, 1.807) is 62.4 Å². The summed E-state index contributed by atoms with van der Waals surface area (Å²) >= 11 is 0. The van der Waals surface area contributed by atoms with Crippen molar-refractivity contribution in [3.05, 3.63) is 88.5 Å². The molecule has 0 atom stereocenters. The van der Waals surface area contributed by atoms with E-state index in [9.17, 15) is 13.2 Å². The van der Waals surface area contributed by atoms with Gasteiger partial charge >= 0.3 is 0 Å². The van der Waals surface area contributed by atoms with Crippen LogP contribution in [0.25, 0.3) is 16.6 Å². The van der Waals surface area contributed by atoms with Crippen LogP contribution in [0.4, 0.5) is 5.69 Å². The zero-order chi connectivity index (χ0) is 22.9. The largest absolute Gasteiger partial charge is 0.494 e. The Balaban J connectivity index is 1.67. The van der Waals surface area contributed by atoms with Crippen LogP contribution in [0.5, 0.6) is 5.75 Å². The molecule has 7 nitrogen and oxygen atoms in total. The van der Waals surface area contributed by atoms with Gasteiger partial charge in [-0.15, -0.1) is 0 Å². The van der Waals surface area contributed by atoms with Crippen molar-refractivity contribution in [1.29, 1.82) is 0 Å². The Bertz CT molecular complexity index is 1460. The first-order valence-corrected chi connectivity index (χ1v) is 11.6. The molecular weight excluding hydrogens is 426 g/mol. The standard InChI is InChI=1S/C24H23N3O4S/c1-4-31-19-10-12-20(13-11-19)32(29,30)26-22-14-9-18(15-16(22)2)27-17(3)25-23-8-6-5-7-21(23)24(27)28/h5-15,26H,4H2,1-3H3. The molecule has 0 saturated heterocycles. The summed E-state index contributed by atoms with van der Waals surface area (Å²) < 4.78 is 35.1. The van der Waals surface area contributed by atoms with Gasteiger partial charge in [-0.2, -0.15) is 0 Å². The highest BCUT2D eigenvalue weighted by Crippen LogP contribution is 2.24. The maximum absolute atomic E-state index is 13.0. The van der Waals surface area contributed by atoms with Crippen LogP contribution in [0.3, 0.4) is 0 Å². The number of anilines is 1. The molecule has 0 aliphatic heterocycles. The second-order valence-corrected chi connectivity index (χ2v) is 9.01. The predicted octanol–water partition coefficient (Wildman–Crippen LogP) is 4.20. The average molecular weight is 450 g/mol. The van der Waals surface area contributed by atoms with E-state index >= 15 is 0 Å². The molecule has 0 saturated carbocycles.